The average Bonchev–Trinajstić information content (AvgIpc) is 3.30. The lowest BCUT2D eigenvalue weighted by Crippen LogP contribution is -2.47. The number of anilines is 1. The van der Waals surface area contributed by atoms with Gasteiger partial charge in [-0.2, -0.15) is 5.26 Å². The summed E-state index contributed by atoms with van der Waals surface area (Å²) in [6.07, 6.45) is 6.24. The molecule has 2 atom stereocenters. The summed E-state index contributed by atoms with van der Waals surface area (Å²) in [7, 11) is 0. The molecule has 2 aliphatic heterocycles. The van der Waals surface area contributed by atoms with Crippen LogP contribution in [0.25, 0.3) is 10.9 Å². The van der Waals surface area contributed by atoms with Gasteiger partial charge in [-0.25, -0.2) is 0 Å². The van der Waals surface area contributed by atoms with Crippen LogP contribution in [0.5, 0.6) is 0 Å². The number of unbranched alkanes of at least 4 members (excludes halogenated alkanes) is 1. The van der Waals surface area contributed by atoms with Crippen molar-refractivity contribution in [2.45, 2.75) is 44.2 Å². The monoisotopic (exact) mass is 420 g/mol. The fourth-order valence-corrected chi connectivity index (χ4v) is 4.77. The van der Waals surface area contributed by atoms with Crippen LogP contribution < -0.4 is 10.6 Å². The SMILES string of the molecule is N#C[C@@H]1CCCN1C(=O)[C@@H](N)CCCCN1CCN(c2ccnc3ccccc23)CC1. The van der Waals surface area contributed by atoms with Gasteiger partial charge in [0, 0.05) is 50.0 Å². The molecule has 0 aliphatic carbocycles. The molecule has 2 N–H and O–H groups in total. The Bertz CT molecular complexity index is 928. The molecule has 164 valence electrons. The molecule has 0 radical (unpaired) electrons. The molecule has 2 saturated heterocycles. The summed E-state index contributed by atoms with van der Waals surface area (Å²) in [6.45, 7) is 5.81. The molecule has 1 aromatic heterocycles. The van der Waals surface area contributed by atoms with E-state index in [-0.39, 0.29) is 11.9 Å². The van der Waals surface area contributed by atoms with E-state index in [0.717, 1.165) is 63.9 Å². The van der Waals surface area contributed by atoms with E-state index in [1.807, 2.05) is 12.3 Å². The van der Waals surface area contributed by atoms with Gasteiger partial charge in [0.25, 0.3) is 0 Å². The van der Waals surface area contributed by atoms with Gasteiger partial charge < -0.3 is 15.5 Å². The van der Waals surface area contributed by atoms with Crippen molar-refractivity contribution in [2.75, 3.05) is 44.2 Å². The molecule has 2 aliphatic rings. The highest BCUT2D eigenvalue weighted by Gasteiger charge is 2.31. The molecule has 7 heteroatoms. The maximum absolute atomic E-state index is 12.5. The van der Waals surface area contributed by atoms with Gasteiger partial charge in [0.05, 0.1) is 17.6 Å². The minimum absolute atomic E-state index is 0.0535. The molecule has 1 amide bonds. The van der Waals surface area contributed by atoms with Crippen LogP contribution >= 0.6 is 0 Å². The molecule has 4 rings (SSSR count). The fraction of sp³-hybridized carbons (Fsp3) is 0.542. The van der Waals surface area contributed by atoms with Gasteiger partial charge in [0.15, 0.2) is 0 Å². The average molecular weight is 421 g/mol. The van der Waals surface area contributed by atoms with Gasteiger partial charge in [0.1, 0.15) is 6.04 Å². The van der Waals surface area contributed by atoms with Gasteiger partial charge in [-0.1, -0.05) is 24.6 Å². The Hall–Kier alpha value is -2.69. The summed E-state index contributed by atoms with van der Waals surface area (Å²) in [5.74, 6) is -0.0535. The molecule has 2 fully saturated rings. The number of amides is 1. The van der Waals surface area contributed by atoms with E-state index in [1.54, 1.807) is 4.90 Å². The summed E-state index contributed by atoms with van der Waals surface area (Å²) in [4.78, 5) is 23.6. The molecule has 7 nitrogen and oxygen atoms in total. The van der Waals surface area contributed by atoms with Crippen LogP contribution in [0.3, 0.4) is 0 Å². The first-order valence-corrected chi connectivity index (χ1v) is 11.4. The predicted octanol–water partition coefficient (Wildman–Crippen LogP) is 2.37. The van der Waals surface area contributed by atoms with Gasteiger partial charge >= 0.3 is 0 Å². The number of pyridine rings is 1. The molecule has 1 aromatic carbocycles. The quantitative estimate of drug-likeness (QED) is 0.692. The summed E-state index contributed by atoms with van der Waals surface area (Å²) in [5.41, 5.74) is 8.45. The molecule has 0 unspecified atom stereocenters. The Labute approximate surface area is 184 Å². The smallest absolute Gasteiger partial charge is 0.240 e. The number of hydrogen-bond acceptors (Lipinski definition) is 6. The number of piperazine rings is 1. The zero-order valence-electron chi connectivity index (χ0n) is 18.1. The van der Waals surface area contributed by atoms with Crippen molar-refractivity contribution in [1.29, 1.82) is 5.26 Å². The van der Waals surface area contributed by atoms with Crippen LogP contribution in [0.1, 0.15) is 32.1 Å². The van der Waals surface area contributed by atoms with Crippen molar-refractivity contribution in [1.82, 2.24) is 14.8 Å². The first-order valence-electron chi connectivity index (χ1n) is 11.4. The fourth-order valence-electron chi connectivity index (χ4n) is 4.77. The number of benzene rings is 1. The number of nitrogens with zero attached hydrogens (tertiary/aromatic N) is 5. The van der Waals surface area contributed by atoms with Crippen LogP contribution in [0, 0.1) is 11.3 Å². The highest BCUT2D eigenvalue weighted by Crippen LogP contribution is 2.26. The van der Waals surface area contributed by atoms with Crippen molar-refractivity contribution < 1.29 is 4.79 Å². The summed E-state index contributed by atoms with van der Waals surface area (Å²) in [6, 6.07) is 11.9. The maximum atomic E-state index is 12.5. The van der Waals surface area contributed by atoms with Crippen LogP contribution in [0.4, 0.5) is 5.69 Å². The number of nitrogens with two attached hydrogens (primary N) is 1. The number of carbonyl (C=O) groups is 1. The summed E-state index contributed by atoms with van der Waals surface area (Å²) < 4.78 is 0. The molecular formula is C24H32N6O. The topological polar surface area (TPSA) is 89.5 Å². The Morgan fingerprint density at radius 2 is 1.97 bits per heavy atom. The van der Waals surface area contributed by atoms with Crippen molar-refractivity contribution in [2.24, 2.45) is 5.73 Å². The molecule has 0 bridgehead atoms. The highest BCUT2D eigenvalue weighted by atomic mass is 16.2. The lowest BCUT2D eigenvalue weighted by Gasteiger charge is -2.36. The summed E-state index contributed by atoms with van der Waals surface area (Å²) >= 11 is 0. The third-order valence-corrected chi connectivity index (χ3v) is 6.58. The number of nitriles is 1. The third kappa shape index (κ3) is 4.97. The predicted molar refractivity (Wildman–Crippen MR) is 123 cm³/mol. The molecule has 2 aromatic rings. The summed E-state index contributed by atoms with van der Waals surface area (Å²) in [5, 5.41) is 10.4. The number of carbonyl (C=O) groups excluding carboxylic acids is 1. The highest BCUT2D eigenvalue weighted by molar-refractivity contribution is 5.91. The van der Waals surface area contributed by atoms with Gasteiger partial charge in [-0.05, 0) is 44.4 Å². The first-order chi connectivity index (χ1) is 15.2. The number of aromatic nitrogens is 1. The van der Waals surface area contributed by atoms with Gasteiger partial charge in [-0.3, -0.25) is 14.7 Å². The third-order valence-electron chi connectivity index (χ3n) is 6.58. The second-order valence-corrected chi connectivity index (χ2v) is 8.60. The maximum Gasteiger partial charge on any atom is 0.240 e. The standard InChI is InChI=1S/C24H32N6O/c25-18-19-6-5-13-30(19)24(31)21(26)8-3-4-12-28-14-16-29(17-15-28)23-10-11-27-22-9-2-1-7-20(22)23/h1-2,7,9-11,19,21H,3-6,8,12-17,26H2/t19-,21-/m0/s1. The van der Waals surface area contributed by atoms with Crippen LogP contribution in [-0.4, -0.2) is 72.0 Å². The molecule has 3 heterocycles. The van der Waals surface area contributed by atoms with Crippen molar-refractivity contribution in [3.8, 4) is 6.07 Å². The lowest BCUT2D eigenvalue weighted by molar-refractivity contribution is -0.132. The molecular weight excluding hydrogens is 388 g/mol. The zero-order valence-corrected chi connectivity index (χ0v) is 18.1. The largest absolute Gasteiger partial charge is 0.368 e. The van der Waals surface area contributed by atoms with E-state index in [0.29, 0.717) is 13.0 Å². The van der Waals surface area contributed by atoms with E-state index in [9.17, 15) is 10.1 Å². The molecule has 0 spiro atoms. The number of fused-ring (bicyclic) bond motifs is 1. The van der Waals surface area contributed by atoms with E-state index >= 15 is 0 Å². The number of likely N-dealkylation sites (tertiary alicyclic amines) is 1. The van der Waals surface area contributed by atoms with E-state index in [4.69, 9.17) is 5.73 Å². The van der Waals surface area contributed by atoms with Gasteiger partial charge in [0.2, 0.25) is 5.91 Å². The Morgan fingerprint density at radius 1 is 1.16 bits per heavy atom. The molecule has 31 heavy (non-hydrogen) atoms. The van der Waals surface area contributed by atoms with E-state index in [2.05, 4.69) is 45.1 Å². The number of para-hydroxylation sites is 1. The van der Waals surface area contributed by atoms with Crippen LogP contribution in [-0.2, 0) is 4.79 Å². The lowest BCUT2D eigenvalue weighted by atomic mass is 10.1. The normalized spacial score (nSPS) is 20.7. The van der Waals surface area contributed by atoms with Crippen molar-refractivity contribution in [3.63, 3.8) is 0 Å². The minimum atomic E-state index is -0.481. The van der Waals surface area contributed by atoms with E-state index in [1.165, 1.54) is 11.1 Å². The number of hydrogen-bond donors (Lipinski definition) is 1. The van der Waals surface area contributed by atoms with Gasteiger partial charge in [-0.15, -0.1) is 0 Å². The Kier molecular flexibility index (Phi) is 7.00. The number of rotatable bonds is 7. The molecule has 0 saturated carbocycles. The van der Waals surface area contributed by atoms with Crippen LogP contribution in [0.15, 0.2) is 36.5 Å². The van der Waals surface area contributed by atoms with Crippen molar-refractivity contribution in [3.05, 3.63) is 36.5 Å². The van der Waals surface area contributed by atoms with Crippen molar-refractivity contribution >= 4 is 22.5 Å². The van der Waals surface area contributed by atoms with Crippen LogP contribution in [0.2, 0.25) is 0 Å². The Morgan fingerprint density at radius 3 is 2.77 bits per heavy atom. The second kappa shape index (κ2) is 10.1. The Balaban J connectivity index is 1.19. The van der Waals surface area contributed by atoms with E-state index < -0.39 is 6.04 Å². The minimum Gasteiger partial charge on any atom is -0.368 e. The first kappa shape index (κ1) is 21.5. The second-order valence-electron chi connectivity index (χ2n) is 8.60. The zero-order chi connectivity index (χ0) is 21.6.